The van der Waals surface area contributed by atoms with Crippen molar-refractivity contribution >= 4 is 0 Å². The van der Waals surface area contributed by atoms with E-state index in [2.05, 4.69) is 6.92 Å². The van der Waals surface area contributed by atoms with E-state index in [1.54, 1.807) is 21.0 Å². The molecule has 0 aromatic heterocycles. The second-order valence-electron chi connectivity index (χ2n) is 18.5. The van der Waals surface area contributed by atoms with E-state index < -0.39 is 132 Å². The van der Waals surface area contributed by atoms with E-state index in [9.17, 15) is 51.1 Å². The highest BCUT2D eigenvalue weighted by Crippen LogP contribution is 2.70. The van der Waals surface area contributed by atoms with E-state index in [0.717, 1.165) is 5.57 Å². The number of hydrogen-bond acceptors (Lipinski definition) is 17. The van der Waals surface area contributed by atoms with Gasteiger partial charge in [-0.15, -0.1) is 0 Å². The third-order valence-electron chi connectivity index (χ3n) is 15.7. The van der Waals surface area contributed by atoms with Crippen LogP contribution in [0, 0.1) is 16.7 Å². The lowest BCUT2D eigenvalue weighted by Crippen LogP contribution is -2.78. The topological polar surface area (TPSA) is 267 Å². The Bertz CT molecular complexity index is 1450. The smallest absolute Gasteiger partial charge is 0.187 e. The van der Waals surface area contributed by atoms with Gasteiger partial charge in [-0.05, 0) is 71.1 Å². The largest absolute Gasteiger partial charge is 0.394 e. The average molecular weight is 819 g/mol. The maximum Gasteiger partial charge on any atom is 0.187 e. The molecule has 328 valence electrons. The zero-order chi connectivity index (χ0) is 41.6. The first-order chi connectivity index (χ1) is 26.7. The SMILES string of the molecule is COC1CC(OC2CCC3(C)C(=CCC4(O)C3CC(O)C3(C)C(O)(C(C)O)CCC43O)C2)OC(C)C1OC1CC(O)C(OC2OC(CO)C(O)C(O)C2O)C(C)O1. The Hall–Kier alpha value is -0.940. The van der Waals surface area contributed by atoms with Gasteiger partial charge in [0, 0.05) is 25.9 Å². The zero-order valence-electron chi connectivity index (χ0n) is 33.8. The Balaban J connectivity index is 0.959. The Kier molecular flexibility index (Phi) is 12.2. The molecule has 3 aliphatic heterocycles. The van der Waals surface area contributed by atoms with Gasteiger partial charge in [0.15, 0.2) is 18.9 Å². The van der Waals surface area contributed by atoms with Crippen LogP contribution in [-0.2, 0) is 33.2 Å². The maximum absolute atomic E-state index is 12.5. The minimum Gasteiger partial charge on any atom is -0.394 e. The summed E-state index contributed by atoms with van der Waals surface area (Å²) in [5, 5.41) is 110. The maximum atomic E-state index is 12.5. The minimum atomic E-state index is -1.82. The molecular formula is C40H66O17. The van der Waals surface area contributed by atoms with Gasteiger partial charge in [-0.1, -0.05) is 25.5 Å². The van der Waals surface area contributed by atoms with Crippen molar-refractivity contribution in [1.82, 2.24) is 0 Å². The van der Waals surface area contributed by atoms with Crippen molar-refractivity contribution in [2.75, 3.05) is 13.7 Å². The van der Waals surface area contributed by atoms with Crippen LogP contribution < -0.4 is 0 Å². The highest BCUT2D eigenvalue weighted by Gasteiger charge is 2.80. The molecule has 6 fully saturated rings. The number of hydrogen-bond donors (Lipinski definition) is 10. The number of fused-ring (bicyclic) bond motifs is 5. The molecule has 0 bridgehead atoms. The molecule has 57 heavy (non-hydrogen) atoms. The lowest BCUT2D eigenvalue weighted by Gasteiger charge is -2.67. The molecule has 0 spiro atoms. The fourth-order valence-electron chi connectivity index (χ4n) is 12.0. The molecule has 0 amide bonds. The van der Waals surface area contributed by atoms with Crippen LogP contribution in [0.2, 0.25) is 0 Å². The average Bonchev–Trinajstić information content (AvgIpc) is 3.39. The highest BCUT2D eigenvalue weighted by molar-refractivity contribution is 5.36. The fraction of sp³-hybridized carbons (Fsp3) is 0.950. The third-order valence-corrected chi connectivity index (χ3v) is 15.7. The summed E-state index contributed by atoms with van der Waals surface area (Å²) in [7, 11) is 1.57. The van der Waals surface area contributed by atoms with Gasteiger partial charge in [-0.3, -0.25) is 0 Å². The van der Waals surface area contributed by atoms with Crippen molar-refractivity contribution in [2.45, 2.75) is 207 Å². The van der Waals surface area contributed by atoms with Crippen molar-refractivity contribution < 1.29 is 84.2 Å². The molecule has 10 N–H and O–H groups in total. The first-order valence-corrected chi connectivity index (χ1v) is 20.7. The first-order valence-electron chi connectivity index (χ1n) is 20.7. The lowest BCUT2D eigenvalue weighted by molar-refractivity contribution is -0.352. The highest BCUT2D eigenvalue weighted by atomic mass is 16.7. The Morgan fingerprint density at radius 2 is 1.49 bits per heavy atom. The van der Waals surface area contributed by atoms with E-state index >= 15 is 0 Å². The Morgan fingerprint density at radius 1 is 0.825 bits per heavy atom. The molecule has 3 heterocycles. The Morgan fingerprint density at radius 3 is 2.12 bits per heavy atom. The molecule has 4 aliphatic carbocycles. The van der Waals surface area contributed by atoms with Crippen molar-refractivity contribution in [3.8, 4) is 0 Å². The standard InChI is InChI=1S/C40H66O17/c1-18-33(57-35-32(47)31(46)30(45)25(17-41)55-35)23(43)14-28(52-18)56-34-19(2)53-29(15-24(34)51-6)54-22-8-9-36(4)21(13-22)7-10-39(49)26(36)16-27(44)37(5)38(48,20(3)42)11-12-40(37,39)50/h7,18-20,22-35,41-50H,8-17H2,1-6H3. The molecule has 17 nitrogen and oxygen atoms in total. The molecule has 3 saturated carbocycles. The molecule has 0 aromatic carbocycles. The zero-order valence-corrected chi connectivity index (χ0v) is 33.8. The van der Waals surface area contributed by atoms with Gasteiger partial charge in [-0.2, -0.15) is 0 Å². The van der Waals surface area contributed by atoms with Crippen molar-refractivity contribution in [2.24, 2.45) is 16.7 Å². The number of methoxy groups -OCH3 is 1. The first kappa shape index (κ1) is 44.1. The second-order valence-corrected chi connectivity index (χ2v) is 18.5. The molecule has 7 rings (SSSR count). The summed E-state index contributed by atoms with van der Waals surface area (Å²) in [5.41, 5.74) is -6.21. The summed E-state index contributed by atoms with van der Waals surface area (Å²) in [5.74, 6) is -0.491. The summed E-state index contributed by atoms with van der Waals surface area (Å²) in [6.45, 7) is 8.02. The van der Waals surface area contributed by atoms with Gasteiger partial charge in [0.2, 0.25) is 0 Å². The summed E-state index contributed by atoms with van der Waals surface area (Å²) in [6.07, 6.45) is -11.3. The lowest BCUT2D eigenvalue weighted by atomic mass is 9.42. The van der Waals surface area contributed by atoms with E-state index in [0.29, 0.717) is 25.7 Å². The fourth-order valence-corrected chi connectivity index (χ4v) is 12.0. The van der Waals surface area contributed by atoms with Gasteiger partial charge in [0.25, 0.3) is 0 Å². The van der Waals surface area contributed by atoms with Gasteiger partial charge < -0.3 is 84.2 Å². The van der Waals surface area contributed by atoms with Gasteiger partial charge in [-0.25, -0.2) is 0 Å². The summed E-state index contributed by atoms with van der Waals surface area (Å²) in [6, 6.07) is 0. The van der Waals surface area contributed by atoms with E-state index in [4.69, 9.17) is 33.2 Å². The number of rotatable bonds is 9. The second kappa shape index (κ2) is 15.8. The number of aliphatic hydroxyl groups excluding tert-OH is 7. The Labute approximate surface area is 333 Å². The monoisotopic (exact) mass is 818 g/mol. The van der Waals surface area contributed by atoms with Gasteiger partial charge in [0.1, 0.15) is 53.4 Å². The van der Waals surface area contributed by atoms with E-state index in [-0.39, 0.29) is 38.2 Å². The van der Waals surface area contributed by atoms with Crippen molar-refractivity contribution in [3.05, 3.63) is 11.6 Å². The van der Waals surface area contributed by atoms with Crippen LogP contribution in [-0.4, -0.2) is 180 Å². The quantitative estimate of drug-likeness (QED) is 0.123. The molecule has 0 aromatic rings. The van der Waals surface area contributed by atoms with Crippen LogP contribution >= 0.6 is 0 Å². The van der Waals surface area contributed by atoms with E-state index in [1.165, 1.54) is 6.92 Å². The van der Waals surface area contributed by atoms with E-state index in [1.807, 2.05) is 13.0 Å². The summed E-state index contributed by atoms with van der Waals surface area (Å²) in [4.78, 5) is 0. The van der Waals surface area contributed by atoms with Gasteiger partial charge in [0.05, 0.1) is 54.7 Å². The minimum absolute atomic E-state index is 0.00676. The van der Waals surface area contributed by atoms with Crippen molar-refractivity contribution in [1.29, 1.82) is 0 Å². The molecule has 17 heteroatoms. The number of aliphatic hydroxyl groups is 10. The predicted molar refractivity (Wildman–Crippen MR) is 196 cm³/mol. The van der Waals surface area contributed by atoms with Crippen LogP contribution in [0.4, 0.5) is 0 Å². The molecule has 7 aliphatic rings. The predicted octanol–water partition coefficient (Wildman–Crippen LogP) is -1.14. The number of ether oxygens (including phenoxy) is 7. The van der Waals surface area contributed by atoms with Crippen LogP contribution in [0.1, 0.15) is 92.4 Å². The molecule has 0 radical (unpaired) electrons. The van der Waals surface area contributed by atoms with Crippen LogP contribution in [0.15, 0.2) is 11.6 Å². The normalized spacial score (nSPS) is 56.0. The van der Waals surface area contributed by atoms with Crippen LogP contribution in [0.5, 0.6) is 0 Å². The third kappa shape index (κ3) is 6.79. The van der Waals surface area contributed by atoms with Crippen LogP contribution in [0.25, 0.3) is 0 Å². The summed E-state index contributed by atoms with van der Waals surface area (Å²) >= 11 is 0. The molecule has 3 saturated heterocycles. The van der Waals surface area contributed by atoms with Crippen LogP contribution in [0.3, 0.4) is 0 Å². The summed E-state index contributed by atoms with van der Waals surface area (Å²) < 4.78 is 42.5. The molecule has 22 unspecified atom stereocenters. The molecule has 22 atom stereocenters. The van der Waals surface area contributed by atoms with Gasteiger partial charge >= 0.3 is 0 Å². The van der Waals surface area contributed by atoms with Crippen molar-refractivity contribution in [3.63, 3.8) is 0 Å². The molecular weight excluding hydrogens is 752 g/mol.